The average molecular weight is 353 g/mol. The molecule has 1 unspecified atom stereocenters. The molecule has 128 valence electrons. The lowest BCUT2D eigenvalue weighted by atomic mass is 10.1. The summed E-state index contributed by atoms with van der Waals surface area (Å²) in [5.41, 5.74) is 5.64. The van der Waals surface area contributed by atoms with Gasteiger partial charge < -0.3 is 15.2 Å². The van der Waals surface area contributed by atoms with Gasteiger partial charge in [0, 0.05) is 18.7 Å². The summed E-state index contributed by atoms with van der Waals surface area (Å²) in [6.45, 7) is 4.30. The third-order valence-corrected chi connectivity index (χ3v) is 4.55. The fourth-order valence-electron chi connectivity index (χ4n) is 2.03. The van der Waals surface area contributed by atoms with Crippen LogP contribution in [0.1, 0.15) is 20.3 Å². The molecule has 0 aliphatic rings. The smallest absolute Gasteiger partial charge is 0.241 e. The maximum absolute atomic E-state index is 12.4. The molecule has 0 aliphatic heterocycles. The first kappa shape index (κ1) is 21.0. The van der Waals surface area contributed by atoms with Crippen molar-refractivity contribution in [2.24, 2.45) is 11.7 Å². The van der Waals surface area contributed by atoms with Crippen molar-refractivity contribution in [1.29, 1.82) is 0 Å². The monoisotopic (exact) mass is 352 g/mol. The molecule has 0 aromatic heterocycles. The van der Waals surface area contributed by atoms with E-state index in [2.05, 4.69) is 4.72 Å². The van der Waals surface area contributed by atoms with Crippen LogP contribution >= 0.6 is 12.4 Å². The molecule has 0 fully saturated rings. The minimum Gasteiger partial charge on any atom is -0.493 e. The van der Waals surface area contributed by atoms with Crippen molar-refractivity contribution in [2.45, 2.75) is 31.2 Å². The van der Waals surface area contributed by atoms with Gasteiger partial charge >= 0.3 is 0 Å². The predicted octanol–water partition coefficient (Wildman–Crippen LogP) is 1.78. The van der Waals surface area contributed by atoms with Gasteiger partial charge in [-0.1, -0.05) is 13.8 Å². The second-order valence-corrected chi connectivity index (χ2v) is 6.91. The summed E-state index contributed by atoms with van der Waals surface area (Å²) >= 11 is 0. The Labute approximate surface area is 138 Å². The highest BCUT2D eigenvalue weighted by Crippen LogP contribution is 2.29. The van der Waals surface area contributed by atoms with Gasteiger partial charge in [0.2, 0.25) is 10.0 Å². The van der Waals surface area contributed by atoms with Gasteiger partial charge in [0.25, 0.3) is 0 Å². The third kappa shape index (κ3) is 5.64. The van der Waals surface area contributed by atoms with Gasteiger partial charge in [-0.05, 0) is 24.5 Å². The topological polar surface area (TPSA) is 90.7 Å². The summed E-state index contributed by atoms with van der Waals surface area (Å²) in [5.74, 6) is 1.20. The molecule has 0 spiro atoms. The number of benzene rings is 1. The largest absolute Gasteiger partial charge is 0.493 e. The Hall–Kier alpha value is -1.02. The fraction of sp³-hybridized carbons (Fsp3) is 0.571. The van der Waals surface area contributed by atoms with Crippen LogP contribution in [0.4, 0.5) is 0 Å². The van der Waals surface area contributed by atoms with E-state index in [1.807, 2.05) is 13.8 Å². The molecule has 8 heteroatoms. The molecule has 0 radical (unpaired) electrons. The SMILES string of the molecule is COc1ccc(S(=O)(=O)NC(CN)CC(C)C)cc1OC.Cl. The van der Waals surface area contributed by atoms with Crippen molar-refractivity contribution in [3.63, 3.8) is 0 Å². The standard InChI is InChI=1S/C14H24N2O4S.ClH/c1-10(2)7-11(9-15)16-21(17,18)12-5-6-13(19-3)14(8-12)20-4;/h5-6,8,10-11,16H,7,9,15H2,1-4H3;1H. The zero-order valence-electron chi connectivity index (χ0n) is 13.3. The number of nitrogens with one attached hydrogen (secondary N) is 1. The zero-order chi connectivity index (χ0) is 16.0. The molecule has 0 amide bonds. The molecule has 0 bridgehead atoms. The molecule has 22 heavy (non-hydrogen) atoms. The molecule has 1 aromatic carbocycles. The summed E-state index contributed by atoms with van der Waals surface area (Å²) in [5, 5.41) is 0. The van der Waals surface area contributed by atoms with Crippen LogP contribution in [0.3, 0.4) is 0 Å². The second-order valence-electron chi connectivity index (χ2n) is 5.20. The lowest BCUT2D eigenvalue weighted by molar-refractivity contribution is 0.354. The molecule has 3 N–H and O–H groups in total. The summed E-state index contributed by atoms with van der Waals surface area (Å²) in [6, 6.07) is 4.19. The minimum absolute atomic E-state index is 0. The molecule has 1 atom stereocenters. The Kier molecular flexibility index (Phi) is 8.77. The average Bonchev–Trinajstić information content (AvgIpc) is 2.44. The van der Waals surface area contributed by atoms with Crippen molar-refractivity contribution < 1.29 is 17.9 Å². The van der Waals surface area contributed by atoms with Crippen molar-refractivity contribution in [3.05, 3.63) is 18.2 Å². The van der Waals surface area contributed by atoms with Gasteiger partial charge in [-0.25, -0.2) is 13.1 Å². The predicted molar refractivity (Wildman–Crippen MR) is 89.4 cm³/mol. The van der Waals surface area contributed by atoms with Crippen LogP contribution in [0, 0.1) is 5.92 Å². The lowest BCUT2D eigenvalue weighted by Crippen LogP contribution is -2.40. The first-order chi connectivity index (χ1) is 9.83. The number of methoxy groups -OCH3 is 2. The molecule has 0 saturated heterocycles. The van der Waals surface area contributed by atoms with Gasteiger partial charge in [-0.2, -0.15) is 0 Å². The van der Waals surface area contributed by atoms with Crippen LogP contribution in [0.25, 0.3) is 0 Å². The quantitative estimate of drug-likeness (QED) is 0.744. The van der Waals surface area contributed by atoms with E-state index in [1.54, 1.807) is 6.07 Å². The Bertz CT molecular complexity index is 564. The molecule has 6 nitrogen and oxygen atoms in total. The first-order valence-corrected chi connectivity index (χ1v) is 8.26. The van der Waals surface area contributed by atoms with Crippen LogP contribution in [0.15, 0.2) is 23.1 Å². The van der Waals surface area contributed by atoms with Crippen LogP contribution in [0.2, 0.25) is 0 Å². The van der Waals surface area contributed by atoms with E-state index in [9.17, 15) is 8.42 Å². The maximum Gasteiger partial charge on any atom is 0.241 e. The van der Waals surface area contributed by atoms with Crippen molar-refractivity contribution >= 4 is 22.4 Å². The molecular weight excluding hydrogens is 328 g/mol. The summed E-state index contributed by atoms with van der Waals surface area (Å²) < 4.78 is 37.6. The van der Waals surface area contributed by atoms with Gasteiger partial charge in [0.15, 0.2) is 11.5 Å². The van der Waals surface area contributed by atoms with Crippen molar-refractivity contribution in [3.8, 4) is 11.5 Å². The number of halogens is 1. The maximum atomic E-state index is 12.4. The van der Waals surface area contributed by atoms with Gasteiger partial charge in [0.05, 0.1) is 19.1 Å². The molecule has 0 saturated carbocycles. The van der Waals surface area contributed by atoms with Crippen molar-refractivity contribution in [2.75, 3.05) is 20.8 Å². The van der Waals surface area contributed by atoms with E-state index in [0.717, 1.165) is 0 Å². The summed E-state index contributed by atoms with van der Waals surface area (Å²) in [7, 11) is -0.682. The van der Waals surface area contributed by atoms with E-state index in [1.165, 1.54) is 26.4 Å². The normalized spacial score (nSPS) is 12.6. The number of hydrogen-bond donors (Lipinski definition) is 2. The van der Waals surface area contributed by atoms with E-state index in [0.29, 0.717) is 23.8 Å². The van der Waals surface area contributed by atoms with Gasteiger partial charge in [0.1, 0.15) is 0 Å². The van der Waals surface area contributed by atoms with E-state index >= 15 is 0 Å². The molecular formula is C14H25ClN2O4S. The Balaban J connectivity index is 0.00000441. The highest BCUT2D eigenvalue weighted by Gasteiger charge is 2.21. The molecule has 0 aliphatic carbocycles. The first-order valence-electron chi connectivity index (χ1n) is 6.78. The number of sulfonamides is 1. The van der Waals surface area contributed by atoms with Crippen LogP contribution in [-0.2, 0) is 10.0 Å². The number of rotatable bonds is 8. The summed E-state index contributed by atoms with van der Waals surface area (Å²) in [4.78, 5) is 0.127. The van der Waals surface area contributed by atoms with Crippen molar-refractivity contribution in [1.82, 2.24) is 4.72 Å². The molecule has 0 heterocycles. The Morgan fingerprint density at radius 3 is 2.23 bits per heavy atom. The Morgan fingerprint density at radius 1 is 1.18 bits per heavy atom. The third-order valence-electron chi connectivity index (χ3n) is 3.03. The van der Waals surface area contributed by atoms with E-state index in [-0.39, 0.29) is 29.9 Å². The number of nitrogens with two attached hydrogens (primary N) is 1. The highest BCUT2D eigenvalue weighted by molar-refractivity contribution is 7.89. The minimum atomic E-state index is -3.64. The number of ether oxygens (including phenoxy) is 2. The fourth-order valence-corrected chi connectivity index (χ4v) is 3.31. The summed E-state index contributed by atoms with van der Waals surface area (Å²) in [6.07, 6.45) is 0.684. The highest BCUT2D eigenvalue weighted by atomic mass is 35.5. The zero-order valence-corrected chi connectivity index (χ0v) is 15.0. The molecule has 1 rings (SSSR count). The van der Waals surface area contributed by atoms with Gasteiger partial charge in [-0.3, -0.25) is 0 Å². The van der Waals surface area contributed by atoms with Crippen LogP contribution < -0.4 is 19.9 Å². The Morgan fingerprint density at radius 2 is 1.77 bits per heavy atom. The van der Waals surface area contributed by atoms with Crippen LogP contribution in [-0.4, -0.2) is 35.2 Å². The van der Waals surface area contributed by atoms with Crippen LogP contribution in [0.5, 0.6) is 11.5 Å². The van der Waals surface area contributed by atoms with E-state index < -0.39 is 10.0 Å². The number of hydrogen-bond acceptors (Lipinski definition) is 5. The molecule has 1 aromatic rings. The van der Waals surface area contributed by atoms with Gasteiger partial charge in [-0.15, -0.1) is 12.4 Å². The lowest BCUT2D eigenvalue weighted by Gasteiger charge is -2.19. The van der Waals surface area contributed by atoms with E-state index in [4.69, 9.17) is 15.2 Å². The second kappa shape index (κ2) is 9.19.